The first-order chi connectivity index (χ1) is 13.0. The number of anilines is 1. The molecule has 0 fully saturated rings. The van der Waals surface area contributed by atoms with E-state index in [2.05, 4.69) is 29.2 Å². The SMILES string of the molecule is CCN(CC)CCOc1cc(NC(=O)C2=NN(C)C(=O)CC2)ccc1OC. The van der Waals surface area contributed by atoms with E-state index >= 15 is 0 Å². The predicted molar refractivity (Wildman–Crippen MR) is 104 cm³/mol. The molecule has 1 N–H and O–H groups in total. The number of likely N-dealkylation sites (N-methyl/N-ethyl adjacent to an activating group) is 1. The molecular weight excluding hydrogens is 348 g/mol. The maximum atomic E-state index is 12.4. The Morgan fingerprint density at radius 3 is 2.63 bits per heavy atom. The summed E-state index contributed by atoms with van der Waals surface area (Å²) in [7, 11) is 3.12. The molecule has 2 amide bonds. The number of benzene rings is 1. The Balaban J connectivity index is 2.04. The number of methoxy groups -OCH3 is 1. The number of hydrazone groups is 1. The first kappa shape index (κ1) is 20.7. The van der Waals surface area contributed by atoms with Crippen molar-refractivity contribution in [1.29, 1.82) is 0 Å². The summed E-state index contributed by atoms with van der Waals surface area (Å²) in [6, 6.07) is 5.23. The molecule has 2 rings (SSSR count). The van der Waals surface area contributed by atoms with E-state index in [0.29, 0.717) is 35.9 Å². The van der Waals surface area contributed by atoms with Crippen LogP contribution in [0.5, 0.6) is 11.5 Å². The van der Waals surface area contributed by atoms with Gasteiger partial charge in [0.05, 0.1) is 7.11 Å². The van der Waals surface area contributed by atoms with Crippen molar-refractivity contribution >= 4 is 23.2 Å². The van der Waals surface area contributed by atoms with E-state index in [1.54, 1.807) is 32.4 Å². The Bertz CT molecular complexity index is 701. The predicted octanol–water partition coefficient (Wildman–Crippen LogP) is 1.96. The van der Waals surface area contributed by atoms with Gasteiger partial charge in [-0.25, -0.2) is 5.01 Å². The van der Waals surface area contributed by atoms with Crippen LogP contribution in [0.2, 0.25) is 0 Å². The molecule has 0 saturated carbocycles. The summed E-state index contributed by atoms with van der Waals surface area (Å²) in [5.41, 5.74) is 0.915. The van der Waals surface area contributed by atoms with Crippen molar-refractivity contribution in [2.75, 3.05) is 45.7 Å². The van der Waals surface area contributed by atoms with Gasteiger partial charge >= 0.3 is 0 Å². The third kappa shape index (κ3) is 5.68. The molecule has 0 aliphatic carbocycles. The molecule has 1 aromatic rings. The van der Waals surface area contributed by atoms with Crippen LogP contribution in [-0.2, 0) is 9.59 Å². The number of amides is 2. The fourth-order valence-corrected chi connectivity index (χ4v) is 2.73. The maximum Gasteiger partial charge on any atom is 0.271 e. The van der Waals surface area contributed by atoms with Crippen molar-refractivity contribution in [1.82, 2.24) is 9.91 Å². The molecule has 0 radical (unpaired) electrons. The molecule has 0 spiro atoms. The quantitative estimate of drug-likeness (QED) is 0.712. The minimum atomic E-state index is -0.325. The van der Waals surface area contributed by atoms with E-state index in [9.17, 15) is 9.59 Å². The van der Waals surface area contributed by atoms with Gasteiger partial charge in [-0.05, 0) is 25.2 Å². The number of nitrogens with zero attached hydrogens (tertiary/aromatic N) is 3. The van der Waals surface area contributed by atoms with Gasteiger partial charge in [-0.2, -0.15) is 5.10 Å². The lowest BCUT2D eigenvalue weighted by Crippen LogP contribution is -2.34. The van der Waals surface area contributed by atoms with Crippen LogP contribution in [0.4, 0.5) is 5.69 Å². The minimum Gasteiger partial charge on any atom is -0.493 e. The van der Waals surface area contributed by atoms with E-state index in [1.807, 2.05) is 0 Å². The molecule has 8 nitrogen and oxygen atoms in total. The summed E-state index contributed by atoms with van der Waals surface area (Å²) in [5.74, 6) is 0.752. The monoisotopic (exact) mass is 376 g/mol. The molecule has 0 bridgehead atoms. The summed E-state index contributed by atoms with van der Waals surface area (Å²) in [4.78, 5) is 26.1. The van der Waals surface area contributed by atoms with Crippen molar-refractivity contribution in [3.05, 3.63) is 18.2 Å². The average molecular weight is 376 g/mol. The lowest BCUT2D eigenvalue weighted by atomic mass is 10.1. The van der Waals surface area contributed by atoms with Crippen LogP contribution in [0.1, 0.15) is 26.7 Å². The standard InChI is InChI=1S/C19H28N4O4/c1-5-23(6-2)11-12-27-17-13-14(7-9-16(17)26-4)20-19(25)15-8-10-18(24)22(3)21-15/h7,9,13H,5-6,8,10-12H2,1-4H3,(H,20,25). The Kier molecular flexibility index (Phi) is 7.60. The van der Waals surface area contributed by atoms with Crippen molar-refractivity contribution in [2.45, 2.75) is 26.7 Å². The van der Waals surface area contributed by atoms with Gasteiger partial charge in [-0.15, -0.1) is 0 Å². The van der Waals surface area contributed by atoms with Crippen LogP contribution >= 0.6 is 0 Å². The summed E-state index contributed by atoms with van der Waals surface area (Å²) in [6.45, 7) is 7.48. The number of carbonyl (C=O) groups excluding carboxylic acids is 2. The highest BCUT2D eigenvalue weighted by molar-refractivity contribution is 6.43. The van der Waals surface area contributed by atoms with Gasteiger partial charge in [0, 0.05) is 38.2 Å². The van der Waals surface area contributed by atoms with Crippen LogP contribution in [0, 0.1) is 0 Å². The van der Waals surface area contributed by atoms with Gasteiger partial charge in [0.15, 0.2) is 11.5 Å². The van der Waals surface area contributed by atoms with E-state index in [0.717, 1.165) is 19.6 Å². The van der Waals surface area contributed by atoms with Crippen LogP contribution in [0.25, 0.3) is 0 Å². The van der Waals surface area contributed by atoms with E-state index in [4.69, 9.17) is 9.47 Å². The molecule has 1 aliphatic rings. The molecule has 0 saturated heterocycles. The summed E-state index contributed by atoms with van der Waals surface area (Å²) in [5, 5.41) is 8.04. The van der Waals surface area contributed by atoms with E-state index in [1.165, 1.54) is 5.01 Å². The summed E-state index contributed by atoms with van der Waals surface area (Å²) < 4.78 is 11.2. The first-order valence-electron chi connectivity index (χ1n) is 9.17. The van der Waals surface area contributed by atoms with Crippen molar-refractivity contribution in [3.63, 3.8) is 0 Å². The van der Waals surface area contributed by atoms with E-state index < -0.39 is 0 Å². The average Bonchev–Trinajstić information content (AvgIpc) is 2.67. The van der Waals surface area contributed by atoms with Gasteiger partial charge in [-0.3, -0.25) is 9.59 Å². The molecule has 148 valence electrons. The molecule has 1 aromatic carbocycles. The highest BCUT2D eigenvalue weighted by Crippen LogP contribution is 2.30. The number of hydrogen-bond donors (Lipinski definition) is 1. The van der Waals surface area contributed by atoms with Gasteiger partial charge in [0.25, 0.3) is 5.91 Å². The number of nitrogens with one attached hydrogen (secondary N) is 1. The second-order valence-electron chi connectivity index (χ2n) is 6.16. The normalized spacial score (nSPS) is 14.2. The van der Waals surface area contributed by atoms with E-state index in [-0.39, 0.29) is 18.2 Å². The molecular formula is C19H28N4O4. The molecule has 27 heavy (non-hydrogen) atoms. The van der Waals surface area contributed by atoms with Gasteiger partial charge < -0.3 is 19.7 Å². The topological polar surface area (TPSA) is 83.5 Å². The highest BCUT2D eigenvalue weighted by atomic mass is 16.5. The van der Waals surface area contributed by atoms with Crippen LogP contribution < -0.4 is 14.8 Å². The molecule has 0 unspecified atom stereocenters. The Morgan fingerprint density at radius 1 is 1.26 bits per heavy atom. The van der Waals surface area contributed by atoms with Gasteiger partial charge in [0.1, 0.15) is 12.3 Å². The molecule has 1 heterocycles. The Hall–Kier alpha value is -2.61. The van der Waals surface area contributed by atoms with Crippen molar-refractivity contribution in [2.24, 2.45) is 5.10 Å². The molecule has 8 heteroatoms. The summed E-state index contributed by atoms with van der Waals surface area (Å²) >= 11 is 0. The Labute approximate surface area is 160 Å². The van der Waals surface area contributed by atoms with Crippen molar-refractivity contribution < 1.29 is 19.1 Å². The smallest absolute Gasteiger partial charge is 0.271 e. The lowest BCUT2D eigenvalue weighted by molar-refractivity contribution is -0.130. The van der Waals surface area contributed by atoms with Crippen LogP contribution in [-0.4, -0.2) is 67.8 Å². The third-order valence-electron chi connectivity index (χ3n) is 4.45. The number of ether oxygens (including phenoxy) is 2. The minimum absolute atomic E-state index is 0.0973. The van der Waals surface area contributed by atoms with Gasteiger partial charge in [-0.1, -0.05) is 13.8 Å². The Morgan fingerprint density at radius 2 is 2.00 bits per heavy atom. The lowest BCUT2D eigenvalue weighted by Gasteiger charge is -2.20. The highest BCUT2D eigenvalue weighted by Gasteiger charge is 2.22. The second kappa shape index (κ2) is 9.91. The second-order valence-corrected chi connectivity index (χ2v) is 6.16. The molecule has 0 atom stereocenters. The van der Waals surface area contributed by atoms with Gasteiger partial charge in [0.2, 0.25) is 5.91 Å². The third-order valence-corrected chi connectivity index (χ3v) is 4.45. The molecule has 1 aliphatic heterocycles. The summed E-state index contributed by atoms with van der Waals surface area (Å²) in [6.07, 6.45) is 0.615. The zero-order valence-electron chi connectivity index (χ0n) is 16.4. The van der Waals surface area contributed by atoms with Crippen LogP contribution in [0.15, 0.2) is 23.3 Å². The number of hydrogen-bond acceptors (Lipinski definition) is 6. The fourth-order valence-electron chi connectivity index (χ4n) is 2.73. The fraction of sp³-hybridized carbons (Fsp3) is 0.526. The van der Waals surface area contributed by atoms with Crippen LogP contribution in [0.3, 0.4) is 0 Å². The maximum absolute atomic E-state index is 12.4. The zero-order chi connectivity index (χ0) is 19.8. The van der Waals surface area contributed by atoms with Crippen molar-refractivity contribution in [3.8, 4) is 11.5 Å². The first-order valence-corrected chi connectivity index (χ1v) is 9.17. The number of rotatable bonds is 9. The zero-order valence-corrected chi connectivity index (χ0v) is 16.4. The largest absolute Gasteiger partial charge is 0.493 e. The molecule has 0 aromatic heterocycles. The number of carbonyl (C=O) groups is 2.